The number of anilines is 1. The van der Waals surface area contributed by atoms with E-state index < -0.39 is 0 Å². The molecule has 0 amide bonds. The summed E-state index contributed by atoms with van der Waals surface area (Å²) in [5.74, 6) is 1.59. The van der Waals surface area contributed by atoms with Crippen molar-refractivity contribution in [2.24, 2.45) is 16.7 Å². The van der Waals surface area contributed by atoms with Gasteiger partial charge < -0.3 is 5.32 Å². The van der Waals surface area contributed by atoms with Gasteiger partial charge in [0.25, 0.3) is 0 Å². The Labute approximate surface area is 114 Å². The summed E-state index contributed by atoms with van der Waals surface area (Å²) in [5.41, 5.74) is 1.02. The molecule has 0 aromatic carbocycles. The SMILES string of the molecule is CC12CCC(C1)C(C)(C)C2Nc1cnc(C#N)cn1. The zero-order valence-corrected chi connectivity index (χ0v) is 11.8. The predicted octanol–water partition coefficient (Wildman–Crippen LogP) is 2.97. The fourth-order valence-corrected chi connectivity index (χ4v) is 4.27. The molecule has 0 spiro atoms. The van der Waals surface area contributed by atoms with Crippen molar-refractivity contribution >= 4 is 5.82 Å². The third-order valence-electron chi connectivity index (χ3n) is 5.33. The molecule has 1 N–H and O–H groups in total. The van der Waals surface area contributed by atoms with Gasteiger partial charge >= 0.3 is 0 Å². The molecule has 4 heteroatoms. The third kappa shape index (κ3) is 1.80. The molecule has 1 heterocycles. The molecule has 3 atom stereocenters. The molecule has 0 aliphatic heterocycles. The molecule has 3 unspecified atom stereocenters. The van der Waals surface area contributed by atoms with Crippen LogP contribution < -0.4 is 5.32 Å². The van der Waals surface area contributed by atoms with E-state index in [0.717, 1.165) is 11.7 Å². The lowest BCUT2D eigenvalue weighted by molar-refractivity contribution is 0.155. The number of nitriles is 1. The number of fused-ring (bicyclic) bond motifs is 2. The number of aromatic nitrogens is 2. The average Bonchev–Trinajstić information content (AvgIpc) is 2.87. The highest BCUT2D eigenvalue weighted by Gasteiger charge is 2.59. The number of rotatable bonds is 2. The molecule has 1 aromatic rings. The summed E-state index contributed by atoms with van der Waals surface area (Å²) >= 11 is 0. The van der Waals surface area contributed by atoms with Crippen LogP contribution in [0.3, 0.4) is 0 Å². The summed E-state index contributed by atoms with van der Waals surface area (Å²) in [6, 6.07) is 2.43. The van der Waals surface area contributed by atoms with Gasteiger partial charge in [0.1, 0.15) is 11.9 Å². The maximum Gasteiger partial charge on any atom is 0.158 e. The van der Waals surface area contributed by atoms with Crippen molar-refractivity contribution < 1.29 is 0 Å². The van der Waals surface area contributed by atoms with E-state index >= 15 is 0 Å². The van der Waals surface area contributed by atoms with Crippen LogP contribution in [0, 0.1) is 28.1 Å². The lowest BCUT2D eigenvalue weighted by atomic mass is 9.68. The van der Waals surface area contributed by atoms with E-state index in [-0.39, 0.29) is 0 Å². The van der Waals surface area contributed by atoms with Crippen LogP contribution in [0.15, 0.2) is 12.4 Å². The minimum atomic E-state index is 0.294. The average molecular weight is 256 g/mol. The second-order valence-corrected chi connectivity index (χ2v) is 6.89. The number of nitrogens with one attached hydrogen (secondary N) is 1. The van der Waals surface area contributed by atoms with Gasteiger partial charge in [-0.25, -0.2) is 9.97 Å². The largest absolute Gasteiger partial charge is 0.365 e. The lowest BCUT2D eigenvalue weighted by Crippen LogP contribution is -2.46. The van der Waals surface area contributed by atoms with Gasteiger partial charge in [0.05, 0.1) is 12.4 Å². The van der Waals surface area contributed by atoms with Crippen molar-refractivity contribution in [3.63, 3.8) is 0 Å². The fraction of sp³-hybridized carbons (Fsp3) is 0.667. The van der Waals surface area contributed by atoms with Crippen molar-refractivity contribution in [3.8, 4) is 6.07 Å². The molecular formula is C15H20N4. The molecular weight excluding hydrogens is 236 g/mol. The van der Waals surface area contributed by atoms with Gasteiger partial charge in [0, 0.05) is 6.04 Å². The number of nitrogens with zero attached hydrogens (tertiary/aromatic N) is 3. The molecule has 2 aliphatic carbocycles. The first-order valence-electron chi connectivity index (χ1n) is 6.94. The van der Waals surface area contributed by atoms with E-state index in [2.05, 4.69) is 36.1 Å². The van der Waals surface area contributed by atoms with Gasteiger partial charge in [-0.1, -0.05) is 20.8 Å². The van der Waals surface area contributed by atoms with Gasteiger partial charge in [-0.3, -0.25) is 0 Å². The lowest BCUT2D eigenvalue weighted by Gasteiger charge is -2.43. The Kier molecular flexibility index (Phi) is 2.57. The highest BCUT2D eigenvalue weighted by molar-refractivity contribution is 5.37. The summed E-state index contributed by atoms with van der Waals surface area (Å²) in [4.78, 5) is 8.38. The summed E-state index contributed by atoms with van der Waals surface area (Å²) in [6.45, 7) is 7.10. The van der Waals surface area contributed by atoms with Gasteiger partial charge in [-0.15, -0.1) is 0 Å². The van der Waals surface area contributed by atoms with E-state index in [0.29, 0.717) is 22.6 Å². The zero-order chi connectivity index (χ0) is 13.7. The Balaban J connectivity index is 1.84. The molecule has 0 radical (unpaired) electrons. The van der Waals surface area contributed by atoms with Crippen molar-refractivity contribution in [2.75, 3.05) is 5.32 Å². The topological polar surface area (TPSA) is 61.6 Å². The minimum absolute atomic E-state index is 0.294. The smallest absolute Gasteiger partial charge is 0.158 e. The van der Waals surface area contributed by atoms with Crippen molar-refractivity contribution in [1.82, 2.24) is 9.97 Å². The van der Waals surface area contributed by atoms with Crippen molar-refractivity contribution in [3.05, 3.63) is 18.1 Å². The first-order valence-corrected chi connectivity index (χ1v) is 6.94. The first kappa shape index (κ1) is 12.4. The van der Waals surface area contributed by atoms with Crippen LogP contribution in [0.25, 0.3) is 0 Å². The van der Waals surface area contributed by atoms with Gasteiger partial charge in [-0.2, -0.15) is 5.26 Å². The van der Waals surface area contributed by atoms with E-state index in [1.54, 1.807) is 6.20 Å². The molecule has 2 aliphatic rings. The Bertz CT molecular complexity index is 523. The molecule has 1 aromatic heterocycles. The molecule has 4 nitrogen and oxygen atoms in total. The standard InChI is InChI=1S/C15H20N4/c1-14(2)10-4-5-15(3,6-10)13(14)19-12-9-17-11(7-16)8-18-12/h8-10,13H,4-6H2,1-3H3,(H,18,19). The summed E-state index contributed by atoms with van der Waals surface area (Å²) in [7, 11) is 0. The Hall–Kier alpha value is -1.63. The van der Waals surface area contributed by atoms with E-state index in [4.69, 9.17) is 5.26 Å². The van der Waals surface area contributed by atoms with Crippen LogP contribution in [0.2, 0.25) is 0 Å². The highest BCUT2D eigenvalue weighted by Crippen LogP contribution is 2.62. The predicted molar refractivity (Wildman–Crippen MR) is 73.4 cm³/mol. The second kappa shape index (κ2) is 3.93. The molecule has 0 saturated heterocycles. The van der Waals surface area contributed by atoms with E-state index in [9.17, 15) is 0 Å². The van der Waals surface area contributed by atoms with Gasteiger partial charge in [0.2, 0.25) is 0 Å². The van der Waals surface area contributed by atoms with Crippen molar-refractivity contribution in [1.29, 1.82) is 5.26 Å². The Morgan fingerprint density at radius 2 is 2.11 bits per heavy atom. The number of hydrogen-bond donors (Lipinski definition) is 1. The van der Waals surface area contributed by atoms with Crippen LogP contribution in [-0.2, 0) is 0 Å². The summed E-state index contributed by atoms with van der Waals surface area (Å²) in [6.07, 6.45) is 7.15. The van der Waals surface area contributed by atoms with Crippen molar-refractivity contribution in [2.45, 2.75) is 46.1 Å². The molecule has 100 valence electrons. The normalized spacial score (nSPS) is 35.1. The maximum absolute atomic E-state index is 8.75. The first-order chi connectivity index (χ1) is 8.95. The van der Waals surface area contributed by atoms with Crippen LogP contribution in [0.4, 0.5) is 5.82 Å². The minimum Gasteiger partial charge on any atom is -0.365 e. The molecule has 3 rings (SSSR count). The van der Waals surface area contributed by atoms with E-state index in [1.807, 2.05) is 6.07 Å². The Morgan fingerprint density at radius 3 is 2.63 bits per heavy atom. The second-order valence-electron chi connectivity index (χ2n) is 6.89. The maximum atomic E-state index is 8.75. The van der Waals surface area contributed by atoms with Gasteiger partial charge in [-0.05, 0) is 36.0 Å². The van der Waals surface area contributed by atoms with Crippen LogP contribution in [0.1, 0.15) is 45.7 Å². The van der Waals surface area contributed by atoms with Crippen LogP contribution in [-0.4, -0.2) is 16.0 Å². The highest BCUT2D eigenvalue weighted by atomic mass is 15.1. The van der Waals surface area contributed by atoms with Gasteiger partial charge in [0.15, 0.2) is 5.69 Å². The zero-order valence-electron chi connectivity index (χ0n) is 11.8. The fourth-order valence-electron chi connectivity index (χ4n) is 4.27. The summed E-state index contributed by atoms with van der Waals surface area (Å²) in [5, 5.41) is 12.3. The summed E-state index contributed by atoms with van der Waals surface area (Å²) < 4.78 is 0. The molecule has 19 heavy (non-hydrogen) atoms. The van der Waals surface area contributed by atoms with E-state index in [1.165, 1.54) is 25.5 Å². The van der Waals surface area contributed by atoms with Crippen LogP contribution >= 0.6 is 0 Å². The quantitative estimate of drug-likeness (QED) is 0.883. The third-order valence-corrected chi connectivity index (χ3v) is 5.33. The molecule has 2 fully saturated rings. The van der Waals surface area contributed by atoms with Crippen LogP contribution in [0.5, 0.6) is 0 Å². The Morgan fingerprint density at radius 1 is 1.32 bits per heavy atom. The number of hydrogen-bond acceptors (Lipinski definition) is 4. The molecule has 2 bridgehead atoms. The molecule has 2 saturated carbocycles. The monoisotopic (exact) mass is 256 g/mol.